The number of benzene rings is 1. The predicted octanol–water partition coefficient (Wildman–Crippen LogP) is 1.81. The van der Waals surface area contributed by atoms with Gasteiger partial charge in [-0.3, -0.25) is 4.79 Å². The molecule has 2 aromatic heterocycles. The van der Waals surface area contributed by atoms with Crippen molar-refractivity contribution in [1.29, 1.82) is 0 Å². The minimum Gasteiger partial charge on any atom is -0.339 e. The van der Waals surface area contributed by atoms with E-state index in [2.05, 4.69) is 18.6 Å². The topological polar surface area (TPSA) is 67.2 Å². The van der Waals surface area contributed by atoms with Crippen LogP contribution in [-0.2, 0) is 7.05 Å². The number of carbonyl (C=O) groups excluding carboxylic acids is 1. The van der Waals surface area contributed by atoms with Crippen molar-refractivity contribution in [3.05, 3.63) is 36.2 Å². The first-order chi connectivity index (χ1) is 11.2. The van der Waals surface area contributed by atoms with Crippen LogP contribution in [0.5, 0.6) is 0 Å². The predicted molar refractivity (Wildman–Crippen MR) is 96.0 cm³/mol. The van der Waals surface area contributed by atoms with Crippen molar-refractivity contribution in [1.82, 2.24) is 23.2 Å². The molecule has 1 aliphatic rings. The summed E-state index contributed by atoms with van der Waals surface area (Å²) in [5.41, 5.74) is 2.30. The molecule has 126 valence electrons. The van der Waals surface area contributed by atoms with Crippen molar-refractivity contribution in [2.45, 2.75) is 0 Å². The fraction of sp³-hybridized carbons (Fsp3) is 0.333. The summed E-state index contributed by atoms with van der Waals surface area (Å²) in [4.78, 5) is 21.1. The maximum absolute atomic E-state index is 12.7. The lowest BCUT2D eigenvalue weighted by molar-refractivity contribution is 0.0746. The number of carbonyl (C=O) groups is 1. The van der Waals surface area contributed by atoms with Gasteiger partial charge in [0.05, 0.1) is 11.7 Å². The van der Waals surface area contributed by atoms with Gasteiger partial charge < -0.3 is 14.4 Å². The maximum atomic E-state index is 12.7. The Balaban J connectivity index is 0.00000169. The second-order valence-electron chi connectivity index (χ2n) is 5.59. The normalized spacial score (nSPS) is 14.7. The molecule has 0 N–H and O–H groups in total. The van der Waals surface area contributed by atoms with Crippen LogP contribution in [-0.4, -0.2) is 55.3 Å². The number of nitrogens with zero attached hydrogens (tertiary/aromatic N) is 6. The minimum absolute atomic E-state index is 0. The number of hydrogen-bond donors (Lipinski definition) is 0. The van der Waals surface area contributed by atoms with Gasteiger partial charge >= 0.3 is 0 Å². The lowest BCUT2D eigenvalue weighted by Crippen LogP contribution is -2.49. The van der Waals surface area contributed by atoms with Crippen LogP contribution in [0.1, 0.15) is 10.4 Å². The van der Waals surface area contributed by atoms with Crippen molar-refractivity contribution in [2.24, 2.45) is 7.05 Å². The van der Waals surface area contributed by atoms with Gasteiger partial charge in [0, 0.05) is 51.2 Å². The zero-order chi connectivity index (χ0) is 15.8. The maximum Gasteiger partial charge on any atom is 0.254 e. The van der Waals surface area contributed by atoms with E-state index in [1.54, 1.807) is 6.20 Å². The Hall–Kier alpha value is -2.19. The standard InChI is InChI=1S/C15H16N6OS.ClH/c1-19-5-4-16-15(19)21-8-6-20(7-9-21)14(22)11-2-3-12-13(10-11)18-23-17-12;/h2-5,10H,6-9H2,1H3;1H. The number of amides is 1. The molecule has 0 saturated carbocycles. The number of fused-ring (bicyclic) bond motifs is 1. The highest BCUT2D eigenvalue weighted by Crippen LogP contribution is 2.17. The summed E-state index contributed by atoms with van der Waals surface area (Å²) in [6.07, 6.45) is 3.73. The Morgan fingerprint density at radius 3 is 2.58 bits per heavy atom. The Labute approximate surface area is 149 Å². The number of anilines is 1. The number of hydrogen-bond acceptors (Lipinski definition) is 6. The van der Waals surface area contributed by atoms with Crippen molar-refractivity contribution in [2.75, 3.05) is 31.1 Å². The Morgan fingerprint density at radius 1 is 1.12 bits per heavy atom. The Morgan fingerprint density at radius 2 is 1.88 bits per heavy atom. The van der Waals surface area contributed by atoms with Gasteiger partial charge in [-0.15, -0.1) is 12.4 Å². The Kier molecular flexibility index (Phi) is 4.68. The summed E-state index contributed by atoms with van der Waals surface area (Å²) in [5, 5.41) is 0. The molecular formula is C15H17ClN6OS. The average molecular weight is 365 g/mol. The molecule has 0 radical (unpaired) electrons. The molecular weight excluding hydrogens is 348 g/mol. The molecule has 7 nitrogen and oxygen atoms in total. The van der Waals surface area contributed by atoms with Crippen LogP contribution >= 0.6 is 24.1 Å². The molecule has 1 fully saturated rings. The first-order valence-electron chi connectivity index (χ1n) is 7.46. The molecule has 1 aromatic carbocycles. The molecule has 3 aromatic rings. The molecule has 9 heteroatoms. The molecule has 4 rings (SSSR count). The van der Waals surface area contributed by atoms with E-state index in [0.29, 0.717) is 18.7 Å². The highest BCUT2D eigenvalue weighted by Gasteiger charge is 2.24. The van der Waals surface area contributed by atoms with Crippen LogP contribution < -0.4 is 4.90 Å². The first kappa shape index (κ1) is 16.7. The number of rotatable bonds is 2. The van der Waals surface area contributed by atoms with Gasteiger partial charge in [-0.05, 0) is 18.2 Å². The molecule has 0 bridgehead atoms. The number of piperazine rings is 1. The van der Waals surface area contributed by atoms with E-state index in [1.807, 2.05) is 40.9 Å². The van der Waals surface area contributed by atoms with E-state index in [-0.39, 0.29) is 18.3 Å². The third-order valence-electron chi connectivity index (χ3n) is 4.15. The van der Waals surface area contributed by atoms with Crippen molar-refractivity contribution in [3.8, 4) is 0 Å². The molecule has 3 heterocycles. The fourth-order valence-electron chi connectivity index (χ4n) is 2.87. The summed E-state index contributed by atoms with van der Waals surface area (Å²) in [7, 11) is 1.98. The molecule has 1 aliphatic heterocycles. The molecule has 0 spiro atoms. The number of imidazole rings is 1. The van der Waals surface area contributed by atoms with Crippen LogP contribution in [0.25, 0.3) is 11.0 Å². The first-order valence-corrected chi connectivity index (χ1v) is 8.19. The largest absolute Gasteiger partial charge is 0.339 e. The molecule has 0 unspecified atom stereocenters. The van der Waals surface area contributed by atoms with Gasteiger partial charge in [-0.2, -0.15) is 8.75 Å². The van der Waals surface area contributed by atoms with Crippen molar-refractivity contribution >= 4 is 47.0 Å². The van der Waals surface area contributed by atoms with Crippen molar-refractivity contribution in [3.63, 3.8) is 0 Å². The van der Waals surface area contributed by atoms with Crippen molar-refractivity contribution < 1.29 is 4.79 Å². The molecule has 1 amide bonds. The van der Waals surface area contributed by atoms with E-state index >= 15 is 0 Å². The third kappa shape index (κ3) is 2.94. The summed E-state index contributed by atoms with van der Waals surface area (Å²) >= 11 is 1.17. The molecule has 24 heavy (non-hydrogen) atoms. The minimum atomic E-state index is 0. The summed E-state index contributed by atoms with van der Waals surface area (Å²) in [5.74, 6) is 1.01. The highest BCUT2D eigenvalue weighted by molar-refractivity contribution is 7.00. The van der Waals surface area contributed by atoms with Gasteiger partial charge in [0.15, 0.2) is 0 Å². The number of halogens is 1. The van der Waals surface area contributed by atoms with Gasteiger partial charge in [0.25, 0.3) is 5.91 Å². The smallest absolute Gasteiger partial charge is 0.254 e. The summed E-state index contributed by atoms with van der Waals surface area (Å²) in [6, 6.07) is 5.51. The second-order valence-corrected chi connectivity index (χ2v) is 6.11. The zero-order valence-corrected chi connectivity index (χ0v) is 14.8. The van der Waals surface area contributed by atoms with E-state index < -0.39 is 0 Å². The monoisotopic (exact) mass is 364 g/mol. The fourth-order valence-corrected chi connectivity index (χ4v) is 3.39. The second kappa shape index (κ2) is 6.74. The summed E-state index contributed by atoms with van der Waals surface area (Å²) in [6.45, 7) is 2.96. The quantitative estimate of drug-likeness (QED) is 0.693. The molecule has 0 atom stereocenters. The van der Waals surface area contributed by atoms with E-state index in [0.717, 1.165) is 30.1 Å². The SMILES string of the molecule is Cl.Cn1ccnc1N1CCN(C(=O)c2ccc3nsnc3c2)CC1. The van der Waals surface area contributed by atoms with Crippen LogP contribution in [0.15, 0.2) is 30.6 Å². The van der Waals surface area contributed by atoms with Crippen LogP contribution in [0.3, 0.4) is 0 Å². The molecule has 0 aliphatic carbocycles. The lowest BCUT2D eigenvalue weighted by Gasteiger charge is -2.35. The van der Waals surface area contributed by atoms with Crippen LogP contribution in [0.4, 0.5) is 5.95 Å². The van der Waals surface area contributed by atoms with Gasteiger partial charge in [0.1, 0.15) is 11.0 Å². The zero-order valence-electron chi connectivity index (χ0n) is 13.1. The van der Waals surface area contributed by atoms with Gasteiger partial charge in [-0.25, -0.2) is 4.98 Å². The highest BCUT2D eigenvalue weighted by atomic mass is 35.5. The van der Waals surface area contributed by atoms with Crippen LogP contribution in [0.2, 0.25) is 0 Å². The lowest BCUT2D eigenvalue weighted by atomic mass is 10.1. The van der Waals surface area contributed by atoms with Gasteiger partial charge in [-0.1, -0.05) is 0 Å². The van der Waals surface area contributed by atoms with E-state index in [1.165, 1.54) is 11.7 Å². The van der Waals surface area contributed by atoms with Crippen LogP contribution in [0, 0.1) is 0 Å². The number of aryl methyl sites for hydroxylation is 1. The van der Waals surface area contributed by atoms with E-state index in [9.17, 15) is 4.79 Å². The van der Waals surface area contributed by atoms with Gasteiger partial charge in [0.2, 0.25) is 5.95 Å². The molecule has 1 saturated heterocycles. The third-order valence-corrected chi connectivity index (χ3v) is 4.70. The van der Waals surface area contributed by atoms with E-state index in [4.69, 9.17) is 0 Å². The Bertz CT molecular complexity index is 854. The number of aromatic nitrogens is 4. The summed E-state index contributed by atoms with van der Waals surface area (Å²) < 4.78 is 10.4. The average Bonchev–Trinajstić information content (AvgIpc) is 3.22.